The molecule has 3 heteroatoms. The number of carbonyl (C=O) groups is 2. The standard InChI is InChI=1S/C24H27NO2/c1-17-14-21(25(23(17)27)22(26)16-24(2,3)4)15-18-10-12-20(13-11-18)19-8-6-5-7-9-19/h5-13,21H,1,14-16H2,2-4H3/t21-/m0/s1. The average Bonchev–Trinajstić information content (AvgIpc) is 2.89. The number of hydrogen-bond donors (Lipinski definition) is 0. The van der Waals surface area contributed by atoms with E-state index in [1.807, 2.05) is 39.0 Å². The lowest BCUT2D eigenvalue weighted by Gasteiger charge is -2.26. The van der Waals surface area contributed by atoms with E-state index in [0.29, 0.717) is 24.8 Å². The average molecular weight is 361 g/mol. The van der Waals surface area contributed by atoms with Crippen LogP contribution in [0.15, 0.2) is 66.7 Å². The highest BCUT2D eigenvalue weighted by atomic mass is 16.2. The van der Waals surface area contributed by atoms with Crippen LogP contribution in [0.3, 0.4) is 0 Å². The molecule has 1 aliphatic heterocycles. The Balaban J connectivity index is 1.76. The Labute approximate surface area is 161 Å². The molecular weight excluding hydrogens is 334 g/mol. The van der Waals surface area contributed by atoms with E-state index >= 15 is 0 Å². The summed E-state index contributed by atoms with van der Waals surface area (Å²) in [5, 5.41) is 0. The number of carbonyl (C=O) groups excluding carboxylic acids is 2. The molecule has 0 bridgehead atoms. The molecule has 0 aromatic heterocycles. The van der Waals surface area contributed by atoms with E-state index < -0.39 is 0 Å². The molecule has 0 unspecified atom stereocenters. The summed E-state index contributed by atoms with van der Waals surface area (Å²) in [6.45, 7) is 9.90. The molecule has 0 saturated carbocycles. The highest BCUT2D eigenvalue weighted by molar-refractivity contribution is 6.06. The SMILES string of the molecule is C=C1C[C@@H](Cc2ccc(-c3ccccc3)cc2)N(C(=O)CC(C)(C)C)C1=O. The first-order valence-corrected chi connectivity index (χ1v) is 9.43. The lowest BCUT2D eigenvalue weighted by atomic mass is 9.91. The van der Waals surface area contributed by atoms with Crippen LogP contribution in [-0.2, 0) is 16.0 Å². The maximum atomic E-state index is 12.7. The zero-order valence-corrected chi connectivity index (χ0v) is 16.4. The summed E-state index contributed by atoms with van der Waals surface area (Å²) >= 11 is 0. The molecule has 2 aromatic rings. The summed E-state index contributed by atoms with van der Waals surface area (Å²) < 4.78 is 0. The van der Waals surface area contributed by atoms with Crippen LogP contribution < -0.4 is 0 Å². The van der Waals surface area contributed by atoms with E-state index in [2.05, 4.69) is 43.0 Å². The second kappa shape index (κ2) is 7.51. The van der Waals surface area contributed by atoms with Crippen LogP contribution in [0.5, 0.6) is 0 Å². The van der Waals surface area contributed by atoms with Crippen molar-refractivity contribution in [2.75, 3.05) is 0 Å². The lowest BCUT2D eigenvalue weighted by molar-refractivity contribution is -0.143. The summed E-state index contributed by atoms with van der Waals surface area (Å²) in [6, 6.07) is 18.4. The first-order chi connectivity index (χ1) is 12.7. The quantitative estimate of drug-likeness (QED) is 0.717. The van der Waals surface area contributed by atoms with Gasteiger partial charge in [-0.1, -0.05) is 81.9 Å². The number of benzene rings is 2. The van der Waals surface area contributed by atoms with Gasteiger partial charge < -0.3 is 0 Å². The number of rotatable bonds is 4. The molecule has 0 aliphatic carbocycles. The normalized spacial score (nSPS) is 17.4. The third-order valence-corrected chi connectivity index (χ3v) is 4.85. The van der Waals surface area contributed by atoms with Gasteiger partial charge in [-0.3, -0.25) is 14.5 Å². The second-order valence-electron chi connectivity index (χ2n) is 8.53. The zero-order valence-electron chi connectivity index (χ0n) is 16.4. The third kappa shape index (κ3) is 4.54. The van der Waals surface area contributed by atoms with Crippen molar-refractivity contribution >= 4 is 11.8 Å². The summed E-state index contributed by atoms with van der Waals surface area (Å²) in [6.07, 6.45) is 1.57. The van der Waals surface area contributed by atoms with Gasteiger partial charge in [0.15, 0.2) is 0 Å². The van der Waals surface area contributed by atoms with Crippen molar-refractivity contribution in [2.24, 2.45) is 5.41 Å². The van der Waals surface area contributed by atoms with Gasteiger partial charge in [0.1, 0.15) is 0 Å². The topological polar surface area (TPSA) is 37.4 Å². The molecule has 2 aromatic carbocycles. The van der Waals surface area contributed by atoms with E-state index in [1.165, 1.54) is 10.5 Å². The molecule has 1 aliphatic rings. The maximum absolute atomic E-state index is 12.7. The minimum atomic E-state index is -0.213. The monoisotopic (exact) mass is 361 g/mol. The predicted molar refractivity (Wildman–Crippen MR) is 109 cm³/mol. The minimum Gasteiger partial charge on any atom is -0.275 e. The largest absolute Gasteiger partial charge is 0.275 e. The van der Waals surface area contributed by atoms with Crippen LogP contribution in [0.2, 0.25) is 0 Å². The molecule has 27 heavy (non-hydrogen) atoms. The van der Waals surface area contributed by atoms with E-state index in [-0.39, 0.29) is 23.3 Å². The van der Waals surface area contributed by atoms with Gasteiger partial charge in [-0.15, -0.1) is 0 Å². The van der Waals surface area contributed by atoms with Gasteiger partial charge in [-0.2, -0.15) is 0 Å². The molecule has 1 saturated heterocycles. The Morgan fingerprint density at radius 1 is 1.04 bits per heavy atom. The van der Waals surface area contributed by atoms with Gasteiger partial charge in [-0.25, -0.2) is 0 Å². The molecule has 1 heterocycles. The smallest absolute Gasteiger partial charge is 0.256 e. The van der Waals surface area contributed by atoms with Crippen molar-refractivity contribution in [3.05, 3.63) is 72.3 Å². The van der Waals surface area contributed by atoms with Crippen molar-refractivity contribution in [3.8, 4) is 11.1 Å². The first kappa shape index (κ1) is 19.1. The van der Waals surface area contributed by atoms with Crippen molar-refractivity contribution in [3.63, 3.8) is 0 Å². The molecule has 0 spiro atoms. The summed E-state index contributed by atoms with van der Waals surface area (Å²) in [4.78, 5) is 26.6. The van der Waals surface area contributed by atoms with Crippen molar-refractivity contribution in [1.82, 2.24) is 4.90 Å². The molecular formula is C24H27NO2. The van der Waals surface area contributed by atoms with Crippen LogP contribution in [0.1, 0.15) is 39.2 Å². The van der Waals surface area contributed by atoms with Gasteiger partial charge in [0.25, 0.3) is 5.91 Å². The van der Waals surface area contributed by atoms with Crippen LogP contribution in [-0.4, -0.2) is 22.8 Å². The summed E-state index contributed by atoms with van der Waals surface area (Å²) in [7, 11) is 0. The number of likely N-dealkylation sites (tertiary alicyclic amines) is 1. The first-order valence-electron chi connectivity index (χ1n) is 9.43. The van der Waals surface area contributed by atoms with Gasteiger partial charge in [0.05, 0.1) is 0 Å². The second-order valence-corrected chi connectivity index (χ2v) is 8.53. The number of amides is 2. The highest BCUT2D eigenvalue weighted by Gasteiger charge is 2.39. The Kier molecular flexibility index (Phi) is 5.31. The summed E-state index contributed by atoms with van der Waals surface area (Å²) in [5.74, 6) is -0.313. The zero-order chi connectivity index (χ0) is 19.6. The molecule has 1 atom stereocenters. The van der Waals surface area contributed by atoms with E-state index in [0.717, 1.165) is 11.1 Å². The fourth-order valence-electron chi connectivity index (χ4n) is 3.55. The van der Waals surface area contributed by atoms with Crippen molar-refractivity contribution < 1.29 is 9.59 Å². The fraction of sp³-hybridized carbons (Fsp3) is 0.333. The lowest BCUT2D eigenvalue weighted by Crippen LogP contribution is -2.41. The van der Waals surface area contributed by atoms with Gasteiger partial charge in [0.2, 0.25) is 5.91 Å². The summed E-state index contributed by atoms with van der Waals surface area (Å²) in [5.41, 5.74) is 3.84. The Morgan fingerprint density at radius 2 is 1.63 bits per heavy atom. The predicted octanol–water partition coefficient (Wildman–Crippen LogP) is 5.02. The minimum absolute atomic E-state index is 0.0999. The van der Waals surface area contributed by atoms with Crippen LogP contribution >= 0.6 is 0 Å². The van der Waals surface area contributed by atoms with Crippen molar-refractivity contribution in [2.45, 2.75) is 46.1 Å². The van der Waals surface area contributed by atoms with E-state index in [4.69, 9.17) is 0 Å². The molecule has 2 amide bonds. The Hall–Kier alpha value is -2.68. The highest BCUT2D eigenvalue weighted by Crippen LogP contribution is 2.30. The molecule has 1 fully saturated rings. The van der Waals surface area contributed by atoms with Gasteiger partial charge >= 0.3 is 0 Å². The van der Waals surface area contributed by atoms with Crippen LogP contribution in [0, 0.1) is 5.41 Å². The molecule has 3 rings (SSSR count). The Bertz CT molecular complexity index is 844. The van der Waals surface area contributed by atoms with E-state index in [1.54, 1.807) is 0 Å². The number of imide groups is 1. The number of nitrogens with zero attached hydrogens (tertiary/aromatic N) is 1. The maximum Gasteiger partial charge on any atom is 0.256 e. The molecule has 140 valence electrons. The van der Waals surface area contributed by atoms with Gasteiger partial charge in [0, 0.05) is 18.0 Å². The fourth-order valence-corrected chi connectivity index (χ4v) is 3.55. The molecule has 0 radical (unpaired) electrons. The van der Waals surface area contributed by atoms with Crippen LogP contribution in [0.25, 0.3) is 11.1 Å². The van der Waals surface area contributed by atoms with E-state index in [9.17, 15) is 9.59 Å². The van der Waals surface area contributed by atoms with Crippen LogP contribution in [0.4, 0.5) is 0 Å². The Morgan fingerprint density at radius 3 is 2.22 bits per heavy atom. The third-order valence-electron chi connectivity index (χ3n) is 4.85. The molecule has 0 N–H and O–H groups in total. The number of hydrogen-bond acceptors (Lipinski definition) is 2. The van der Waals surface area contributed by atoms with Gasteiger partial charge in [-0.05, 0) is 34.9 Å². The molecule has 3 nitrogen and oxygen atoms in total. The van der Waals surface area contributed by atoms with Crippen molar-refractivity contribution in [1.29, 1.82) is 0 Å².